The molecule has 0 unspecified atom stereocenters. The van der Waals surface area contributed by atoms with Crippen molar-refractivity contribution in [3.63, 3.8) is 0 Å². The normalized spacial score (nSPS) is 9.38. The maximum absolute atomic E-state index is 4.71. The van der Waals surface area contributed by atoms with Crippen LogP contribution in [0.2, 0.25) is 0 Å². The Morgan fingerprint density at radius 3 is 1.77 bits per heavy atom. The third kappa shape index (κ3) is 4.18. The van der Waals surface area contributed by atoms with Crippen LogP contribution in [-0.4, -0.2) is 18.8 Å². The summed E-state index contributed by atoms with van der Waals surface area (Å²) in [5.74, 6) is 0. The first kappa shape index (κ1) is 11.1. The Bertz CT molecular complexity index is 303. The maximum Gasteiger partial charge on any atom is 0.212 e. The van der Waals surface area contributed by atoms with Gasteiger partial charge in [0.2, 0.25) is 10.3 Å². The van der Waals surface area contributed by atoms with Crippen molar-refractivity contribution in [2.45, 2.75) is 0 Å². The van der Waals surface area contributed by atoms with E-state index in [1.54, 1.807) is 0 Å². The molecule has 0 bridgehead atoms. The first-order valence-electron chi connectivity index (χ1n) is 2.91. The number of nitrogens with zero attached hydrogens (tertiary/aromatic N) is 2. The van der Waals surface area contributed by atoms with Crippen LogP contribution in [0.25, 0.3) is 0 Å². The van der Waals surface area contributed by atoms with Gasteiger partial charge in [-0.25, -0.2) is 0 Å². The average molecular weight is 268 g/mol. The number of rotatable bonds is 2. The van der Waals surface area contributed by atoms with Crippen LogP contribution in [-0.2, 0) is 0 Å². The number of thiol groups is 2. The highest BCUT2D eigenvalue weighted by Gasteiger charge is 2.03. The second kappa shape index (κ2) is 5.05. The lowest BCUT2D eigenvalue weighted by Gasteiger charge is -1.94. The van der Waals surface area contributed by atoms with Crippen molar-refractivity contribution in [2.24, 2.45) is 0 Å². The minimum absolute atomic E-state index is 0.344. The molecule has 1 heterocycles. The second-order valence-corrected chi connectivity index (χ2v) is 5.07. The van der Waals surface area contributed by atoms with Gasteiger partial charge >= 0.3 is 0 Å². The highest BCUT2D eigenvalue weighted by atomic mass is 32.1. The number of anilines is 2. The molecule has 0 radical (unpaired) electrons. The Morgan fingerprint density at radius 1 is 1.08 bits per heavy atom. The van der Waals surface area contributed by atoms with Gasteiger partial charge in [0.25, 0.3) is 0 Å². The predicted octanol–water partition coefficient (Wildman–Crippen LogP) is 1.79. The molecule has 0 saturated heterocycles. The zero-order valence-electron chi connectivity index (χ0n) is 6.01. The van der Waals surface area contributed by atoms with E-state index in [0.717, 1.165) is 0 Å². The van der Waals surface area contributed by atoms with Gasteiger partial charge in [0.05, 0.1) is 0 Å². The van der Waals surface area contributed by atoms with E-state index in [0.29, 0.717) is 18.9 Å². The van der Waals surface area contributed by atoms with Crippen LogP contribution < -0.4 is 10.6 Å². The Hall–Kier alpha value is 0.0400. The molecule has 0 saturated carbocycles. The summed E-state index contributed by atoms with van der Waals surface area (Å²) in [6, 6.07) is 0. The first-order valence-corrected chi connectivity index (χ1v) is 5.44. The molecular formula is C4H4N4S5. The maximum atomic E-state index is 4.71. The molecule has 13 heavy (non-hydrogen) atoms. The quantitative estimate of drug-likeness (QED) is 0.485. The van der Waals surface area contributed by atoms with Gasteiger partial charge in [0, 0.05) is 0 Å². The van der Waals surface area contributed by atoms with Gasteiger partial charge in [0.15, 0.2) is 0 Å². The third-order valence-corrected chi connectivity index (χ3v) is 2.03. The van der Waals surface area contributed by atoms with Crippen molar-refractivity contribution in [2.75, 3.05) is 10.6 Å². The molecule has 0 aliphatic carbocycles. The van der Waals surface area contributed by atoms with E-state index in [1.807, 2.05) is 0 Å². The summed E-state index contributed by atoms with van der Waals surface area (Å²) in [5.41, 5.74) is 0. The molecule has 0 aromatic carbocycles. The largest absolute Gasteiger partial charge is 0.316 e. The molecule has 0 fully saturated rings. The minimum Gasteiger partial charge on any atom is -0.316 e. The SMILES string of the molecule is S=C(S)Nc1nnc(NC(=S)S)s1. The van der Waals surface area contributed by atoms with Crippen LogP contribution in [0.3, 0.4) is 0 Å². The smallest absolute Gasteiger partial charge is 0.212 e. The molecule has 0 spiro atoms. The lowest BCUT2D eigenvalue weighted by atomic mass is 11.1. The van der Waals surface area contributed by atoms with Crippen LogP contribution in [0.15, 0.2) is 0 Å². The summed E-state index contributed by atoms with van der Waals surface area (Å²) < 4.78 is 0.687. The summed E-state index contributed by atoms with van der Waals surface area (Å²) in [7, 11) is 0. The fourth-order valence-electron chi connectivity index (χ4n) is 0.507. The Morgan fingerprint density at radius 2 is 1.46 bits per heavy atom. The lowest BCUT2D eigenvalue weighted by Crippen LogP contribution is -1.99. The fourth-order valence-corrected chi connectivity index (χ4v) is 1.85. The highest BCUT2D eigenvalue weighted by molar-refractivity contribution is 8.11. The van der Waals surface area contributed by atoms with Gasteiger partial charge in [-0.05, 0) is 0 Å². The molecule has 1 aromatic heterocycles. The first-order chi connectivity index (χ1) is 6.08. The molecule has 1 rings (SSSR count). The Labute approximate surface area is 100 Å². The van der Waals surface area contributed by atoms with Gasteiger partial charge in [-0.15, -0.1) is 35.5 Å². The third-order valence-electron chi connectivity index (χ3n) is 0.853. The van der Waals surface area contributed by atoms with Crippen molar-refractivity contribution in [1.82, 2.24) is 10.2 Å². The zero-order valence-corrected chi connectivity index (χ0v) is 10.3. The van der Waals surface area contributed by atoms with E-state index >= 15 is 0 Å². The molecule has 2 N–H and O–H groups in total. The fraction of sp³-hybridized carbons (Fsp3) is 0. The molecule has 4 nitrogen and oxygen atoms in total. The van der Waals surface area contributed by atoms with Crippen molar-refractivity contribution >= 4 is 79.9 Å². The number of aromatic nitrogens is 2. The average Bonchev–Trinajstić information content (AvgIpc) is 2.33. The number of hydrogen-bond donors (Lipinski definition) is 4. The van der Waals surface area contributed by atoms with Gasteiger partial charge in [-0.2, -0.15) is 0 Å². The number of nitrogens with one attached hydrogen (secondary N) is 2. The molecule has 1 aromatic rings. The van der Waals surface area contributed by atoms with E-state index < -0.39 is 0 Å². The topological polar surface area (TPSA) is 49.8 Å². The summed E-state index contributed by atoms with van der Waals surface area (Å²) >= 11 is 18.5. The molecule has 0 amide bonds. The Kier molecular flexibility index (Phi) is 4.32. The summed E-state index contributed by atoms with van der Waals surface area (Å²) in [5, 5.41) is 14.1. The van der Waals surface area contributed by atoms with Gasteiger partial charge in [-0.1, -0.05) is 35.8 Å². The molecule has 0 aliphatic rings. The van der Waals surface area contributed by atoms with Crippen LogP contribution in [0.4, 0.5) is 10.3 Å². The van der Waals surface area contributed by atoms with E-state index in [1.165, 1.54) is 11.3 Å². The van der Waals surface area contributed by atoms with E-state index in [9.17, 15) is 0 Å². The predicted molar refractivity (Wildman–Crippen MR) is 70.3 cm³/mol. The zero-order chi connectivity index (χ0) is 9.84. The summed E-state index contributed by atoms with van der Waals surface area (Å²) in [4.78, 5) is 0. The van der Waals surface area contributed by atoms with Gasteiger partial charge < -0.3 is 10.6 Å². The molecule has 0 atom stereocenters. The van der Waals surface area contributed by atoms with Crippen LogP contribution >= 0.6 is 61.0 Å². The van der Waals surface area contributed by atoms with Crippen molar-refractivity contribution in [1.29, 1.82) is 0 Å². The number of hydrogen-bond acceptors (Lipinski definition) is 5. The standard InChI is InChI=1S/C4H4N4S5/c9-3(10)5-1-7-8-2(13-1)6-4(11)12/h(H2,5,7,9,10)(H2,6,8,11,12). The molecule has 0 aliphatic heterocycles. The van der Waals surface area contributed by atoms with Crippen LogP contribution in [0, 0.1) is 0 Å². The van der Waals surface area contributed by atoms with Gasteiger partial charge in [-0.3, -0.25) is 0 Å². The van der Waals surface area contributed by atoms with E-state index in [4.69, 9.17) is 24.4 Å². The highest BCUT2D eigenvalue weighted by Crippen LogP contribution is 2.20. The Balaban J connectivity index is 2.63. The number of thiocarbonyl (C=S) groups is 2. The van der Waals surface area contributed by atoms with E-state index in [2.05, 4.69) is 46.1 Å². The van der Waals surface area contributed by atoms with Crippen molar-refractivity contribution < 1.29 is 0 Å². The molecular weight excluding hydrogens is 264 g/mol. The lowest BCUT2D eigenvalue weighted by molar-refractivity contribution is 1.10. The second-order valence-electron chi connectivity index (χ2n) is 1.77. The summed E-state index contributed by atoms with van der Waals surface area (Å²) in [6.45, 7) is 0. The van der Waals surface area contributed by atoms with Crippen LogP contribution in [0.1, 0.15) is 0 Å². The minimum atomic E-state index is 0.344. The van der Waals surface area contributed by atoms with Gasteiger partial charge in [0.1, 0.15) is 8.64 Å². The monoisotopic (exact) mass is 268 g/mol. The van der Waals surface area contributed by atoms with Crippen molar-refractivity contribution in [3.8, 4) is 0 Å². The molecule has 70 valence electrons. The van der Waals surface area contributed by atoms with E-state index in [-0.39, 0.29) is 0 Å². The summed E-state index contributed by atoms with van der Waals surface area (Å²) in [6.07, 6.45) is 0. The molecule has 9 heteroatoms. The van der Waals surface area contributed by atoms with Crippen molar-refractivity contribution in [3.05, 3.63) is 0 Å². The van der Waals surface area contributed by atoms with Crippen LogP contribution in [0.5, 0.6) is 0 Å².